The third-order valence-electron chi connectivity index (χ3n) is 3.15. The van der Waals surface area contributed by atoms with E-state index >= 15 is 0 Å². The van der Waals surface area contributed by atoms with Crippen LogP contribution in [-0.4, -0.2) is 32.2 Å². The lowest BCUT2D eigenvalue weighted by atomic mass is 9.93. The Labute approximate surface area is 135 Å². The number of nitrogens with one attached hydrogen (secondary N) is 2. The first-order valence-electron chi connectivity index (χ1n) is 6.49. The summed E-state index contributed by atoms with van der Waals surface area (Å²) in [5.74, 6) is -0.804. The van der Waals surface area contributed by atoms with E-state index < -0.39 is 17.3 Å². The third-order valence-corrected chi connectivity index (χ3v) is 3.68. The molecule has 0 unspecified atom stereocenters. The summed E-state index contributed by atoms with van der Waals surface area (Å²) < 4.78 is 0.954. The van der Waals surface area contributed by atoms with Crippen LogP contribution in [0, 0.1) is 5.41 Å². The average molecular weight is 367 g/mol. The van der Waals surface area contributed by atoms with Crippen molar-refractivity contribution in [1.82, 2.24) is 20.5 Å². The van der Waals surface area contributed by atoms with Crippen molar-refractivity contribution >= 4 is 27.8 Å². The van der Waals surface area contributed by atoms with Crippen molar-refractivity contribution in [1.29, 1.82) is 0 Å². The van der Waals surface area contributed by atoms with Gasteiger partial charge in [-0.1, -0.05) is 28.1 Å². The minimum Gasteiger partial charge on any atom is -0.480 e. The minimum atomic E-state index is -1.49. The van der Waals surface area contributed by atoms with Gasteiger partial charge < -0.3 is 10.4 Å². The van der Waals surface area contributed by atoms with Gasteiger partial charge in [0, 0.05) is 10.0 Å². The molecule has 116 valence electrons. The molecule has 1 heterocycles. The van der Waals surface area contributed by atoms with E-state index in [0.717, 1.165) is 10.0 Å². The van der Waals surface area contributed by atoms with Crippen LogP contribution in [-0.2, 0) is 16.1 Å². The maximum atomic E-state index is 11.8. The van der Waals surface area contributed by atoms with Crippen molar-refractivity contribution < 1.29 is 14.7 Å². The first kappa shape index (κ1) is 16.2. The Balaban J connectivity index is 2.02. The number of aromatic amines is 1. The van der Waals surface area contributed by atoms with Gasteiger partial charge in [0.2, 0.25) is 5.91 Å². The Hall–Kier alpha value is -2.22. The minimum absolute atomic E-state index is 0.0824. The summed E-state index contributed by atoms with van der Waals surface area (Å²) in [5, 5.41) is 18.3. The quantitative estimate of drug-likeness (QED) is 0.701. The lowest BCUT2D eigenvalue weighted by Gasteiger charge is -2.17. The van der Waals surface area contributed by atoms with Crippen LogP contribution >= 0.6 is 15.9 Å². The molecule has 0 aliphatic heterocycles. The van der Waals surface area contributed by atoms with Crippen LogP contribution in [0.3, 0.4) is 0 Å². The van der Waals surface area contributed by atoms with E-state index in [1.54, 1.807) is 0 Å². The van der Waals surface area contributed by atoms with Crippen molar-refractivity contribution in [2.75, 3.05) is 0 Å². The zero-order valence-electron chi connectivity index (χ0n) is 12.1. The van der Waals surface area contributed by atoms with Crippen molar-refractivity contribution in [2.45, 2.75) is 20.4 Å². The first-order chi connectivity index (χ1) is 10.3. The van der Waals surface area contributed by atoms with Crippen molar-refractivity contribution in [2.24, 2.45) is 5.41 Å². The number of hydrogen-bond donors (Lipinski definition) is 3. The molecular weight excluding hydrogens is 352 g/mol. The number of carbonyl (C=O) groups excluding carboxylic acids is 1. The fourth-order valence-electron chi connectivity index (χ4n) is 1.58. The Morgan fingerprint density at radius 3 is 2.55 bits per heavy atom. The Morgan fingerprint density at radius 2 is 1.95 bits per heavy atom. The second-order valence-electron chi connectivity index (χ2n) is 5.23. The predicted molar refractivity (Wildman–Crippen MR) is 82.8 cm³/mol. The number of carbonyl (C=O) groups is 2. The second-order valence-corrected chi connectivity index (χ2v) is 6.14. The van der Waals surface area contributed by atoms with Crippen molar-refractivity contribution in [3.05, 3.63) is 34.6 Å². The van der Waals surface area contributed by atoms with Gasteiger partial charge in [0.05, 0.1) is 6.54 Å². The number of amides is 1. The Morgan fingerprint density at radius 1 is 1.32 bits per heavy atom. The molecule has 1 aromatic carbocycles. The lowest BCUT2D eigenvalue weighted by molar-refractivity contribution is -0.153. The molecule has 0 aliphatic rings. The molecule has 0 saturated carbocycles. The molecule has 0 saturated heterocycles. The van der Waals surface area contributed by atoms with Gasteiger partial charge in [-0.05, 0) is 26.0 Å². The van der Waals surface area contributed by atoms with E-state index in [-0.39, 0.29) is 6.54 Å². The van der Waals surface area contributed by atoms with E-state index in [9.17, 15) is 9.59 Å². The number of nitrogens with zero attached hydrogens (tertiary/aromatic N) is 2. The summed E-state index contributed by atoms with van der Waals surface area (Å²) in [6, 6.07) is 7.48. The molecule has 2 aromatic rings. The van der Waals surface area contributed by atoms with Crippen LogP contribution in [0.5, 0.6) is 0 Å². The molecule has 0 bridgehead atoms. The number of H-pyrrole nitrogens is 1. The van der Waals surface area contributed by atoms with E-state index in [1.165, 1.54) is 13.8 Å². The normalized spacial score (nSPS) is 11.2. The van der Waals surface area contributed by atoms with Gasteiger partial charge in [0.15, 0.2) is 5.82 Å². The largest absolute Gasteiger partial charge is 0.480 e. The average Bonchev–Trinajstić information content (AvgIpc) is 2.94. The predicted octanol–water partition coefficient (Wildman–Crippen LogP) is 1.96. The molecule has 1 aromatic heterocycles. The number of rotatable bonds is 5. The molecule has 8 heteroatoms. The molecule has 0 atom stereocenters. The number of carboxylic acid groups (broad SMARTS) is 1. The van der Waals surface area contributed by atoms with Gasteiger partial charge in [-0.25, -0.2) is 4.98 Å². The van der Waals surface area contributed by atoms with Gasteiger partial charge >= 0.3 is 5.97 Å². The summed E-state index contributed by atoms with van der Waals surface area (Å²) in [7, 11) is 0. The number of aliphatic carboxylic acids is 1. The molecular formula is C14H15BrN4O3. The molecule has 0 aliphatic carbocycles. The van der Waals surface area contributed by atoms with Crippen molar-refractivity contribution in [3.63, 3.8) is 0 Å². The third kappa shape index (κ3) is 3.51. The zero-order valence-corrected chi connectivity index (χ0v) is 13.6. The second kappa shape index (κ2) is 6.27. The molecule has 1 amide bonds. The molecule has 22 heavy (non-hydrogen) atoms. The van der Waals surface area contributed by atoms with Crippen LogP contribution in [0.4, 0.5) is 0 Å². The molecule has 2 rings (SSSR count). The van der Waals surface area contributed by atoms with Crippen LogP contribution in [0.15, 0.2) is 28.7 Å². The monoisotopic (exact) mass is 366 g/mol. The van der Waals surface area contributed by atoms with Gasteiger partial charge in [-0.2, -0.15) is 5.10 Å². The molecule has 3 N–H and O–H groups in total. The van der Waals surface area contributed by atoms with Crippen molar-refractivity contribution in [3.8, 4) is 11.4 Å². The number of hydrogen-bond acceptors (Lipinski definition) is 4. The number of carboxylic acids is 1. The summed E-state index contributed by atoms with van der Waals surface area (Å²) in [6.07, 6.45) is 0. The van der Waals surface area contributed by atoms with Gasteiger partial charge in [-0.3, -0.25) is 14.7 Å². The maximum Gasteiger partial charge on any atom is 0.318 e. The summed E-state index contributed by atoms with van der Waals surface area (Å²) >= 11 is 3.35. The summed E-state index contributed by atoms with van der Waals surface area (Å²) in [5.41, 5.74) is -0.655. The highest BCUT2D eigenvalue weighted by atomic mass is 79.9. The highest BCUT2D eigenvalue weighted by Gasteiger charge is 2.35. The highest BCUT2D eigenvalue weighted by Crippen LogP contribution is 2.18. The van der Waals surface area contributed by atoms with E-state index in [0.29, 0.717) is 11.6 Å². The van der Waals surface area contributed by atoms with Gasteiger partial charge in [0.1, 0.15) is 11.2 Å². The van der Waals surface area contributed by atoms with Gasteiger partial charge in [-0.15, -0.1) is 0 Å². The van der Waals surface area contributed by atoms with Crippen LogP contribution in [0.1, 0.15) is 19.7 Å². The molecule has 7 nitrogen and oxygen atoms in total. The number of benzene rings is 1. The topological polar surface area (TPSA) is 108 Å². The first-order valence-corrected chi connectivity index (χ1v) is 7.29. The molecule has 0 radical (unpaired) electrons. The maximum absolute atomic E-state index is 11.8. The highest BCUT2D eigenvalue weighted by molar-refractivity contribution is 9.10. The van der Waals surface area contributed by atoms with Crippen LogP contribution in [0.25, 0.3) is 11.4 Å². The summed E-state index contributed by atoms with van der Waals surface area (Å²) in [4.78, 5) is 27.1. The fourth-order valence-corrected chi connectivity index (χ4v) is 1.85. The number of aromatic nitrogens is 3. The number of halogens is 1. The Bertz CT molecular complexity index is 694. The Kier molecular flexibility index (Phi) is 4.60. The lowest BCUT2D eigenvalue weighted by Crippen LogP contribution is -2.42. The molecule has 0 spiro atoms. The zero-order chi connectivity index (χ0) is 16.3. The molecule has 0 fully saturated rings. The van der Waals surface area contributed by atoms with E-state index in [2.05, 4.69) is 36.4 Å². The van der Waals surface area contributed by atoms with E-state index in [1.807, 2.05) is 24.3 Å². The standard InChI is InChI=1S/C14H15BrN4O3/c1-14(2,13(21)22)12(20)16-7-10-17-11(19-18-10)8-3-5-9(15)6-4-8/h3-6H,7H2,1-2H3,(H,16,20)(H,21,22)(H,17,18,19). The van der Waals surface area contributed by atoms with Gasteiger partial charge in [0.25, 0.3) is 0 Å². The van der Waals surface area contributed by atoms with Crippen LogP contribution < -0.4 is 5.32 Å². The van der Waals surface area contributed by atoms with Crippen LogP contribution in [0.2, 0.25) is 0 Å². The smallest absolute Gasteiger partial charge is 0.318 e. The fraction of sp³-hybridized carbons (Fsp3) is 0.286. The van der Waals surface area contributed by atoms with E-state index in [4.69, 9.17) is 5.11 Å². The summed E-state index contributed by atoms with van der Waals surface area (Å²) in [6.45, 7) is 2.77. The SMILES string of the molecule is CC(C)(C(=O)O)C(=O)NCc1nc(-c2ccc(Br)cc2)n[nH]1.